The molecule has 116 valence electrons. The molecule has 0 bridgehead atoms. The van der Waals surface area contributed by atoms with Crippen molar-refractivity contribution in [1.82, 2.24) is 10.6 Å². The highest BCUT2D eigenvalue weighted by Gasteiger charge is 2.16. The first kappa shape index (κ1) is 16.1. The number of methoxy groups -OCH3 is 2. The van der Waals surface area contributed by atoms with Gasteiger partial charge >= 0.3 is 0 Å². The molecule has 0 radical (unpaired) electrons. The topological polar surface area (TPSA) is 59.6 Å². The number of carbonyl (C=O) groups is 1. The maximum absolute atomic E-state index is 12.2. The minimum atomic E-state index is -0.106. The van der Waals surface area contributed by atoms with E-state index >= 15 is 0 Å². The van der Waals surface area contributed by atoms with Crippen LogP contribution in [0, 0.1) is 5.92 Å². The van der Waals surface area contributed by atoms with E-state index < -0.39 is 0 Å². The van der Waals surface area contributed by atoms with Gasteiger partial charge in [0.15, 0.2) is 0 Å². The van der Waals surface area contributed by atoms with Crippen LogP contribution in [0.25, 0.3) is 0 Å². The summed E-state index contributed by atoms with van der Waals surface area (Å²) in [6.07, 6.45) is 2.19. The molecule has 1 heterocycles. The first-order valence-corrected chi connectivity index (χ1v) is 7.85. The minimum absolute atomic E-state index is 0.106. The van der Waals surface area contributed by atoms with E-state index in [-0.39, 0.29) is 5.91 Å². The molecule has 1 aliphatic heterocycles. The maximum Gasteiger partial charge on any atom is 0.251 e. The molecule has 1 aromatic carbocycles. The number of carbonyl (C=O) groups excluding carboxylic acids is 1. The predicted octanol–water partition coefficient (Wildman–Crippen LogP) is 2.20. The summed E-state index contributed by atoms with van der Waals surface area (Å²) in [4.78, 5) is 12.2. The van der Waals surface area contributed by atoms with Gasteiger partial charge in [0.2, 0.25) is 0 Å². The number of amides is 1. The smallest absolute Gasteiger partial charge is 0.251 e. The molecule has 1 aliphatic rings. The van der Waals surface area contributed by atoms with Crippen LogP contribution in [0.3, 0.4) is 0 Å². The molecule has 1 fully saturated rings. The molecule has 1 saturated heterocycles. The monoisotopic (exact) mass is 356 g/mol. The Bertz CT molecular complexity index is 477. The summed E-state index contributed by atoms with van der Waals surface area (Å²) in [5, 5.41) is 6.28. The zero-order valence-electron chi connectivity index (χ0n) is 12.4. The molecule has 0 aliphatic carbocycles. The van der Waals surface area contributed by atoms with Crippen LogP contribution in [-0.4, -0.2) is 39.8 Å². The molecule has 0 saturated carbocycles. The van der Waals surface area contributed by atoms with Crippen molar-refractivity contribution in [3.05, 3.63) is 22.2 Å². The van der Waals surface area contributed by atoms with Gasteiger partial charge in [-0.2, -0.15) is 0 Å². The number of hydrogen-bond acceptors (Lipinski definition) is 4. The molecule has 0 aromatic heterocycles. The Kier molecular flexibility index (Phi) is 5.87. The first-order valence-electron chi connectivity index (χ1n) is 7.06. The van der Waals surface area contributed by atoms with E-state index in [9.17, 15) is 4.79 Å². The van der Waals surface area contributed by atoms with Crippen LogP contribution in [0.1, 0.15) is 23.2 Å². The Morgan fingerprint density at radius 3 is 2.57 bits per heavy atom. The van der Waals surface area contributed by atoms with Crippen LogP contribution < -0.4 is 20.1 Å². The highest BCUT2D eigenvalue weighted by molar-refractivity contribution is 9.10. The summed E-state index contributed by atoms with van der Waals surface area (Å²) in [6, 6.07) is 3.41. The SMILES string of the molecule is COc1cc(C(=O)NCCC2CCNC2)cc(OC)c1Br. The van der Waals surface area contributed by atoms with Crippen molar-refractivity contribution >= 4 is 21.8 Å². The lowest BCUT2D eigenvalue weighted by Crippen LogP contribution is -2.26. The molecule has 5 nitrogen and oxygen atoms in total. The van der Waals surface area contributed by atoms with Crippen molar-refractivity contribution in [2.24, 2.45) is 5.92 Å². The van der Waals surface area contributed by atoms with Crippen molar-refractivity contribution in [2.75, 3.05) is 33.9 Å². The molecule has 2 rings (SSSR count). The normalized spacial score (nSPS) is 17.6. The average molecular weight is 357 g/mol. The first-order chi connectivity index (χ1) is 10.2. The highest BCUT2D eigenvalue weighted by Crippen LogP contribution is 2.35. The zero-order chi connectivity index (χ0) is 15.2. The van der Waals surface area contributed by atoms with Gasteiger partial charge in [0.05, 0.1) is 14.2 Å². The van der Waals surface area contributed by atoms with E-state index in [0.717, 1.165) is 19.5 Å². The fraction of sp³-hybridized carbons (Fsp3) is 0.533. The fourth-order valence-corrected chi connectivity index (χ4v) is 3.01. The predicted molar refractivity (Wildman–Crippen MR) is 85.2 cm³/mol. The number of nitrogens with one attached hydrogen (secondary N) is 2. The van der Waals surface area contributed by atoms with Crippen LogP contribution in [0.5, 0.6) is 11.5 Å². The number of benzene rings is 1. The largest absolute Gasteiger partial charge is 0.495 e. The molecule has 1 unspecified atom stereocenters. The van der Waals surface area contributed by atoms with Gasteiger partial charge in [-0.3, -0.25) is 4.79 Å². The molecule has 1 atom stereocenters. The van der Waals surface area contributed by atoms with E-state index in [1.54, 1.807) is 26.4 Å². The zero-order valence-corrected chi connectivity index (χ0v) is 14.0. The molecule has 1 aromatic rings. The van der Waals surface area contributed by atoms with Crippen LogP contribution in [0.4, 0.5) is 0 Å². The number of ether oxygens (including phenoxy) is 2. The number of halogens is 1. The average Bonchev–Trinajstić information content (AvgIpc) is 3.00. The molecule has 21 heavy (non-hydrogen) atoms. The second-order valence-electron chi connectivity index (χ2n) is 5.10. The summed E-state index contributed by atoms with van der Waals surface area (Å²) in [7, 11) is 3.13. The van der Waals surface area contributed by atoms with Crippen molar-refractivity contribution in [2.45, 2.75) is 12.8 Å². The molecule has 0 spiro atoms. The van der Waals surface area contributed by atoms with E-state index in [0.29, 0.717) is 34.0 Å². The Morgan fingerprint density at radius 2 is 2.05 bits per heavy atom. The lowest BCUT2D eigenvalue weighted by atomic mass is 10.1. The quantitative estimate of drug-likeness (QED) is 0.820. The number of rotatable bonds is 6. The third kappa shape index (κ3) is 4.11. The van der Waals surface area contributed by atoms with E-state index in [2.05, 4.69) is 26.6 Å². The molecule has 2 N–H and O–H groups in total. The lowest BCUT2D eigenvalue weighted by Gasteiger charge is -2.12. The van der Waals surface area contributed by atoms with Gasteiger partial charge in [-0.1, -0.05) is 0 Å². The van der Waals surface area contributed by atoms with E-state index in [1.165, 1.54) is 6.42 Å². The second kappa shape index (κ2) is 7.66. The van der Waals surface area contributed by atoms with Gasteiger partial charge in [-0.05, 0) is 59.9 Å². The summed E-state index contributed by atoms with van der Waals surface area (Å²) in [5.41, 5.74) is 0.538. The van der Waals surface area contributed by atoms with Gasteiger partial charge < -0.3 is 20.1 Å². The summed E-state index contributed by atoms with van der Waals surface area (Å²) in [5.74, 6) is 1.73. The van der Waals surface area contributed by atoms with Gasteiger partial charge in [-0.25, -0.2) is 0 Å². The summed E-state index contributed by atoms with van der Waals surface area (Å²) in [6.45, 7) is 2.82. The van der Waals surface area contributed by atoms with Gasteiger partial charge in [0.1, 0.15) is 16.0 Å². The summed E-state index contributed by atoms with van der Waals surface area (Å²) >= 11 is 3.39. The van der Waals surface area contributed by atoms with Crippen LogP contribution in [0.15, 0.2) is 16.6 Å². The third-order valence-corrected chi connectivity index (χ3v) is 4.49. The van der Waals surface area contributed by atoms with E-state index in [1.807, 2.05) is 0 Å². The Balaban J connectivity index is 1.97. The third-order valence-electron chi connectivity index (χ3n) is 3.71. The molecular weight excluding hydrogens is 336 g/mol. The van der Waals surface area contributed by atoms with Crippen LogP contribution in [-0.2, 0) is 0 Å². The van der Waals surface area contributed by atoms with Crippen LogP contribution >= 0.6 is 15.9 Å². The minimum Gasteiger partial charge on any atom is -0.495 e. The molecule has 1 amide bonds. The number of hydrogen-bond donors (Lipinski definition) is 2. The van der Waals surface area contributed by atoms with Gasteiger partial charge in [-0.15, -0.1) is 0 Å². The van der Waals surface area contributed by atoms with Crippen molar-refractivity contribution < 1.29 is 14.3 Å². The maximum atomic E-state index is 12.2. The summed E-state index contributed by atoms with van der Waals surface area (Å²) < 4.78 is 11.2. The molecular formula is C15H21BrN2O3. The molecule has 6 heteroatoms. The standard InChI is InChI=1S/C15H21BrN2O3/c1-20-12-7-11(8-13(21-2)14(12)16)15(19)18-6-4-10-3-5-17-9-10/h7-8,10,17H,3-6,9H2,1-2H3,(H,18,19). The van der Waals surface area contributed by atoms with Crippen molar-refractivity contribution in [3.8, 4) is 11.5 Å². The Hall–Kier alpha value is -1.27. The van der Waals surface area contributed by atoms with Crippen LogP contribution in [0.2, 0.25) is 0 Å². The van der Waals surface area contributed by atoms with Gasteiger partial charge in [0, 0.05) is 12.1 Å². The Morgan fingerprint density at radius 1 is 1.38 bits per heavy atom. The van der Waals surface area contributed by atoms with Gasteiger partial charge in [0.25, 0.3) is 5.91 Å². The lowest BCUT2D eigenvalue weighted by molar-refractivity contribution is 0.0951. The fourth-order valence-electron chi connectivity index (χ4n) is 2.45. The highest BCUT2D eigenvalue weighted by atomic mass is 79.9. The van der Waals surface area contributed by atoms with Crippen molar-refractivity contribution in [1.29, 1.82) is 0 Å². The van der Waals surface area contributed by atoms with E-state index in [4.69, 9.17) is 9.47 Å². The second-order valence-corrected chi connectivity index (χ2v) is 5.89. The van der Waals surface area contributed by atoms with Crippen molar-refractivity contribution in [3.63, 3.8) is 0 Å². The Labute approximate surface area is 133 Å².